The van der Waals surface area contributed by atoms with Crippen LogP contribution in [0.25, 0.3) is 0 Å². The van der Waals surface area contributed by atoms with E-state index >= 15 is 0 Å². The van der Waals surface area contributed by atoms with Crippen molar-refractivity contribution >= 4 is 20.0 Å². The molecule has 6 nitrogen and oxygen atoms in total. The van der Waals surface area contributed by atoms with Gasteiger partial charge in [-0.25, -0.2) is 26.7 Å². The highest BCUT2D eigenvalue weighted by Gasteiger charge is 2.36. The van der Waals surface area contributed by atoms with E-state index in [1.165, 1.54) is 24.3 Å². The lowest BCUT2D eigenvalue weighted by atomic mass is 9.67. The summed E-state index contributed by atoms with van der Waals surface area (Å²) in [4.78, 5) is -0.0639. The summed E-state index contributed by atoms with van der Waals surface area (Å²) in [5, 5.41) is 4.98. The van der Waals surface area contributed by atoms with Gasteiger partial charge in [0.25, 0.3) is 0 Å². The number of hydrogen-bond donors (Lipinski definition) is 2. The molecule has 1 aromatic rings. The lowest BCUT2D eigenvalue weighted by Crippen LogP contribution is -2.41. The third-order valence-corrected chi connectivity index (χ3v) is 6.61. The molecule has 2 rings (SSSR count). The molecule has 1 fully saturated rings. The van der Waals surface area contributed by atoms with Crippen LogP contribution in [0.5, 0.6) is 0 Å². The number of benzene rings is 1. The first-order valence-electron chi connectivity index (χ1n) is 6.81. The van der Waals surface area contributed by atoms with Crippen molar-refractivity contribution in [2.45, 2.75) is 42.4 Å². The van der Waals surface area contributed by atoms with Gasteiger partial charge in [-0.15, -0.1) is 0 Å². The Kier molecular flexibility index (Phi) is 4.44. The molecule has 21 heavy (non-hydrogen) atoms. The molecular formula is C13H20N2O4S2. The minimum atomic E-state index is -3.81. The molecule has 0 amide bonds. The lowest BCUT2D eigenvalue weighted by Gasteiger charge is -2.41. The van der Waals surface area contributed by atoms with E-state index in [0.717, 1.165) is 25.7 Å². The van der Waals surface area contributed by atoms with Crippen LogP contribution in [0, 0.1) is 5.41 Å². The smallest absolute Gasteiger partial charge is 0.225 e. The molecule has 0 heterocycles. The minimum absolute atomic E-state index is 0.0421. The topological polar surface area (TPSA) is 106 Å². The second-order valence-electron chi connectivity index (χ2n) is 5.55. The second kappa shape index (κ2) is 5.68. The van der Waals surface area contributed by atoms with Gasteiger partial charge in [0.05, 0.1) is 9.79 Å². The fourth-order valence-corrected chi connectivity index (χ4v) is 4.14. The van der Waals surface area contributed by atoms with Crippen LogP contribution < -0.4 is 9.86 Å². The van der Waals surface area contributed by atoms with E-state index in [-0.39, 0.29) is 15.2 Å². The van der Waals surface area contributed by atoms with Crippen molar-refractivity contribution in [3.05, 3.63) is 24.3 Å². The van der Waals surface area contributed by atoms with Crippen LogP contribution in [0.15, 0.2) is 34.1 Å². The molecule has 0 spiro atoms. The average molecular weight is 332 g/mol. The Balaban J connectivity index is 2.12. The Hall–Kier alpha value is -0.960. The number of nitrogens with two attached hydrogens (primary N) is 1. The first-order chi connectivity index (χ1) is 9.69. The summed E-state index contributed by atoms with van der Waals surface area (Å²) in [6.07, 6.45) is 4.16. The molecule has 1 saturated carbocycles. The Bertz CT molecular complexity index is 700. The predicted octanol–water partition coefficient (Wildman–Crippen LogP) is 1.19. The Labute approximate surface area is 125 Å². The van der Waals surface area contributed by atoms with Crippen molar-refractivity contribution in [3.63, 3.8) is 0 Å². The Morgan fingerprint density at radius 1 is 1.10 bits per heavy atom. The molecular weight excluding hydrogens is 312 g/mol. The van der Waals surface area contributed by atoms with Crippen LogP contribution in [0.4, 0.5) is 0 Å². The summed E-state index contributed by atoms with van der Waals surface area (Å²) in [6, 6.07) is 4.90. The number of nitrogens with one attached hydrogen (secondary N) is 1. The van der Waals surface area contributed by atoms with Crippen LogP contribution >= 0.6 is 0 Å². The molecule has 3 N–H and O–H groups in total. The van der Waals surface area contributed by atoms with Gasteiger partial charge in [-0.2, -0.15) is 0 Å². The van der Waals surface area contributed by atoms with Gasteiger partial charge < -0.3 is 0 Å². The van der Waals surface area contributed by atoms with Crippen LogP contribution in [-0.4, -0.2) is 23.4 Å². The van der Waals surface area contributed by atoms with Crippen LogP contribution in [0.2, 0.25) is 0 Å². The molecule has 0 unspecified atom stereocenters. The van der Waals surface area contributed by atoms with Gasteiger partial charge in [-0.1, -0.05) is 13.3 Å². The summed E-state index contributed by atoms with van der Waals surface area (Å²) in [5.74, 6) is 0. The van der Waals surface area contributed by atoms with Crippen molar-refractivity contribution < 1.29 is 16.8 Å². The standard InChI is InChI=1S/C13H20N2O4S2/c1-2-13(8-3-9-13)10-15-21(18,19)12-6-4-11(5-7-12)20(14,16)17/h4-7,15H,2-3,8-10H2,1H3,(H2,14,16,17). The van der Waals surface area contributed by atoms with E-state index in [4.69, 9.17) is 5.14 Å². The van der Waals surface area contributed by atoms with E-state index in [9.17, 15) is 16.8 Å². The summed E-state index contributed by atoms with van der Waals surface area (Å²) < 4.78 is 49.3. The molecule has 8 heteroatoms. The van der Waals surface area contributed by atoms with Gasteiger partial charge >= 0.3 is 0 Å². The maximum absolute atomic E-state index is 12.2. The summed E-state index contributed by atoms with van der Waals surface area (Å²) in [5.41, 5.74) is 0.0770. The van der Waals surface area contributed by atoms with Gasteiger partial charge in [-0.05, 0) is 48.9 Å². The first kappa shape index (κ1) is 16.4. The summed E-state index contributed by atoms with van der Waals surface area (Å²) in [6.45, 7) is 2.48. The number of sulfonamides is 2. The van der Waals surface area contributed by atoms with Crippen molar-refractivity contribution in [2.24, 2.45) is 10.6 Å². The van der Waals surface area contributed by atoms with E-state index in [0.29, 0.717) is 6.54 Å². The highest BCUT2D eigenvalue weighted by atomic mass is 32.2. The van der Waals surface area contributed by atoms with Crippen molar-refractivity contribution in [1.82, 2.24) is 4.72 Å². The molecule has 118 valence electrons. The lowest BCUT2D eigenvalue weighted by molar-refractivity contribution is 0.133. The fraction of sp³-hybridized carbons (Fsp3) is 0.538. The summed E-state index contributed by atoms with van der Waals surface area (Å²) >= 11 is 0. The molecule has 0 aliphatic heterocycles. The monoisotopic (exact) mass is 332 g/mol. The van der Waals surface area contributed by atoms with Gasteiger partial charge in [0, 0.05) is 6.54 Å². The molecule has 0 bridgehead atoms. The predicted molar refractivity (Wildman–Crippen MR) is 79.6 cm³/mol. The zero-order valence-corrected chi connectivity index (χ0v) is 13.5. The number of hydrogen-bond acceptors (Lipinski definition) is 4. The molecule has 0 aromatic heterocycles. The highest BCUT2D eigenvalue weighted by molar-refractivity contribution is 7.89. The normalized spacial score (nSPS) is 18.2. The minimum Gasteiger partial charge on any atom is -0.225 e. The zero-order chi connectivity index (χ0) is 15.7. The first-order valence-corrected chi connectivity index (χ1v) is 9.84. The fourth-order valence-electron chi connectivity index (χ4n) is 2.47. The van der Waals surface area contributed by atoms with Gasteiger partial charge in [0.2, 0.25) is 20.0 Å². The zero-order valence-electron chi connectivity index (χ0n) is 11.9. The SMILES string of the molecule is CCC1(CNS(=O)(=O)c2ccc(S(N)(=O)=O)cc2)CCC1. The third kappa shape index (κ3) is 3.63. The Morgan fingerprint density at radius 3 is 2.00 bits per heavy atom. The largest absolute Gasteiger partial charge is 0.240 e. The van der Waals surface area contributed by atoms with Gasteiger partial charge in [0.1, 0.15) is 0 Å². The van der Waals surface area contributed by atoms with E-state index in [1.807, 2.05) is 0 Å². The van der Waals surface area contributed by atoms with Crippen molar-refractivity contribution in [2.75, 3.05) is 6.54 Å². The van der Waals surface area contributed by atoms with Gasteiger partial charge in [-0.3, -0.25) is 0 Å². The number of rotatable bonds is 6. The molecule has 1 aliphatic rings. The average Bonchev–Trinajstić information content (AvgIpc) is 2.37. The van der Waals surface area contributed by atoms with E-state index < -0.39 is 20.0 Å². The van der Waals surface area contributed by atoms with Crippen molar-refractivity contribution in [1.29, 1.82) is 0 Å². The quantitative estimate of drug-likeness (QED) is 0.816. The molecule has 0 saturated heterocycles. The summed E-state index contributed by atoms with van der Waals surface area (Å²) in [7, 11) is -7.44. The molecule has 1 aliphatic carbocycles. The molecule has 1 aromatic carbocycles. The van der Waals surface area contributed by atoms with Crippen LogP contribution in [0.3, 0.4) is 0 Å². The number of primary sulfonamides is 1. The van der Waals surface area contributed by atoms with E-state index in [2.05, 4.69) is 11.6 Å². The van der Waals surface area contributed by atoms with Crippen LogP contribution in [0.1, 0.15) is 32.6 Å². The maximum atomic E-state index is 12.2. The maximum Gasteiger partial charge on any atom is 0.240 e. The van der Waals surface area contributed by atoms with Crippen molar-refractivity contribution in [3.8, 4) is 0 Å². The molecule has 0 radical (unpaired) electrons. The third-order valence-electron chi connectivity index (χ3n) is 4.26. The van der Waals surface area contributed by atoms with Crippen LogP contribution in [-0.2, 0) is 20.0 Å². The highest BCUT2D eigenvalue weighted by Crippen LogP contribution is 2.43. The Morgan fingerprint density at radius 2 is 1.62 bits per heavy atom. The second-order valence-corrected chi connectivity index (χ2v) is 8.88. The molecule has 0 atom stereocenters. The van der Waals surface area contributed by atoms with E-state index in [1.54, 1.807) is 0 Å². The van der Waals surface area contributed by atoms with Gasteiger partial charge in [0.15, 0.2) is 0 Å².